The molecule has 2 aliphatic rings. The van der Waals surface area contributed by atoms with Crippen LogP contribution in [0.1, 0.15) is 62.7 Å². The van der Waals surface area contributed by atoms with Crippen LogP contribution in [0, 0.1) is 6.92 Å². The zero-order chi connectivity index (χ0) is 13.9. The van der Waals surface area contributed by atoms with Crippen molar-refractivity contribution in [2.75, 3.05) is 6.54 Å². The Morgan fingerprint density at radius 2 is 2.05 bits per heavy atom. The molecule has 0 spiro atoms. The van der Waals surface area contributed by atoms with Crippen LogP contribution in [-0.2, 0) is 0 Å². The molecule has 6 heteroatoms. The van der Waals surface area contributed by atoms with Gasteiger partial charge >= 0.3 is 6.03 Å². The van der Waals surface area contributed by atoms with E-state index < -0.39 is 0 Å². The van der Waals surface area contributed by atoms with E-state index in [-0.39, 0.29) is 12.1 Å². The van der Waals surface area contributed by atoms with Gasteiger partial charge in [0.15, 0.2) is 5.82 Å². The number of carbonyl (C=O) groups is 1. The number of rotatable bonds is 2. The molecule has 1 aromatic heterocycles. The van der Waals surface area contributed by atoms with Crippen molar-refractivity contribution in [1.82, 2.24) is 20.4 Å². The van der Waals surface area contributed by atoms with Crippen molar-refractivity contribution in [2.45, 2.75) is 64.0 Å². The predicted octanol–water partition coefficient (Wildman–Crippen LogP) is 2.56. The molecular weight excluding hydrogens is 256 g/mol. The number of hydrogen-bond donors (Lipinski definition) is 1. The highest BCUT2D eigenvalue weighted by Gasteiger charge is 2.34. The van der Waals surface area contributed by atoms with Crippen molar-refractivity contribution in [2.24, 2.45) is 0 Å². The molecule has 1 unspecified atom stereocenters. The second kappa shape index (κ2) is 5.81. The van der Waals surface area contributed by atoms with Gasteiger partial charge in [-0.15, -0.1) is 0 Å². The molecule has 110 valence electrons. The number of aromatic nitrogens is 2. The zero-order valence-electron chi connectivity index (χ0n) is 12.0. The van der Waals surface area contributed by atoms with Gasteiger partial charge in [0, 0.05) is 12.6 Å². The van der Waals surface area contributed by atoms with Gasteiger partial charge in [-0.1, -0.05) is 24.4 Å². The second-order valence-electron chi connectivity index (χ2n) is 5.82. The van der Waals surface area contributed by atoms with Crippen LogP contribution in [0.15, 0.2) is 4.52 Å². The quantitative estimate of drug-likeness (QED) is 0.902. The predicted molar refractivity (Wildman–Crippen MR) is 73.1 cm³/mol. The molecule has 1 atom stereocenters. The highest BCUT2D eigenvalue weighted by Crippen LogP contribution is 2.31. The monoisotopic (exact) mass is 278 g/mol. The minimum atomic E-state index is -0.0557. The lowest BCUT2D eigenvalue weighted by atomic mass is 9.96. The van der Waals surface area contributed by atoms with E-state index in [2.05, 4.69) is 15.5 Å². The first-order valence-corrected chi connectivity index (χ1v) is 7.61. The Morgan fingerprint density at radius 3 is 2.75 bits per heavy atom. The van der Waals surface area contributed by atoms with Crippen molar-refractivity contribution < 1.29 is 9.32 Å². The van der Waals surface area contributed by atoms with Gasteiger partial charge in [0.2, 0.25) is 5.89 Å². The van der Waals surface area contributed by atoms with Gasteiger partial charge in [-0.2, -0.15) is 4.98 Å². The summed E-state index contributed by atoms with van der Waals surface area (Å²) in [6.07, 6.45) is 7.83. The normalized spacial score (nSPS) is 24.1. The van der Waals surface area contributed by atoms with Crippen LogP contribution in [-0.4, -0.2) is 33.7 Å². The maximum atomic E-state index is 12.4. The number of hydrogen-bond acceptors (Lipinski definition) is 4. The first kappa shape index (κ1) is 13.4. The molecule has 2 amide bonds. The number of likely N-dealkylation sites (tertiary alicyclic amines) is 1. The third-order valence-electron chi connectivity index (χ3n) is 4.27. The van der Waals surface area contributed by atoms with Gasteiger partial charge in [0.05, 0.1) is 0 Å². The van der Waals surface area contributed by atoms with E-state index in [0.29, 0.717) is 17.8 Å². The zero-order valence-corrected chi connectivity index (χ0v) is 12.0. The molecule has 1 aliphatic carbocycles. The van der Waals surface area contributed by atoms with Crippen molar-refractivity contribution in [3.63, 3.8) is 0 Å². The van der Waals surface area contributed by atoms with Crippen LogP contribution in [0.3, 0.4) is 0 Å². The molecule has 0 aromatic carbocycles. The summed E-state index contributed by atoms with van der Waals surface area (Å²) < 4.78 is 5.24. The number of urea groups is 1. The Morgan fingerprint density at radius 1 is 1.25 bits per heavy atom. The molecule has 1 N–H and O–H groups in total. The van der Waals surface area contributed by atoms with Crippen LogP contribution in [0.2, 0.25) is 0 Å². The maximum Gasteiger partial charge on any atom is 0.318 e. The van der Waals surface area contributed by atoms with Gasteiger partial charge in [0.25, 0.3) is 0 Å². The van der Waals surface area contributed by atoms with Crippen LogP contribution in [0.25, 0.3) is 0 Å². The van der Waals surface area contributed by atoms with Gasteiger partial charge in [-0.05, 0) is 32.6 Å². The van der Waals surface area contributed by atoms with Crippen LogP contribution >= 0.6 is 0 Å². The van der Waals surface area contributed by atoms with Gasteiger partial charge < -0.3 is 14.7 Å². The molecule has 1 saturated heterocycles. The van der Waals surface area contributed by atoms with E-state index in [1.807, 2.05) is 4.90 Å². The summed E-state index contributed by atoms with van der Waals surface area (Å²) in [5.41, 5.74) is 0. The molecule has 2 heterocycles. The third-order valence-corrected chi connectivity index (χ3v) is 4.27. The summed E-state index contributed by atoms with van der Waals surface area (Å²) in [7, 11) is 0. The Bertz CT molecular complexity index is 467. The Kier molecular flexibility index (Phi) is 3.89. The number of nitrogens with one attached hydrogen (secondary N) is 1. The lowest BCUT2D eigenvalue weighted by Gasteiger charge is -2.28. The van der Waals surface area contributed by atoms with Crippen LogP contribution in [0.5, 0.6) is 0 Å². The molecule has 20 heavy (non-hydrogen) atoms. The molecule has 1 aromatic rings. The fraction of sp³-hybridized carbons (Fsp3) is 0.786. The minimum absolute atomic E-state index is 0.0234. The summed E-state index contributed by atoms with van der Waals surface area (Å²) in [6.45, 7) is 2.57. The van der Waals surface area contributed by atoms with E-state index in [1.54, 1.807) is 6.92 Å². The molecule has 0 bridgehead atoms. The maximum absolute atomic E-state index is 12.4. The molecule has 3 rings (SSSR count). The molecule has 1 saturated carbocycles. The van der Waals surface area contributed by atoms with Crippen molar-refractivity contribution in [3.8, 4) is 0 Å². The number of aryl methyl sites for hydroxylation is 1. The van der Waals surface area contributed by atoms with Crippen molar-refractivity contribution >= 4 is 6.03 Å². The molecule has 1 aliphatic heterocycles. The number of nitrogens with zero attached hydrogens (tertiary/aromatic N) is 3. The Hall–Kier alpha value is -1.59. The summed E-state index contributed by atoms with van der Waals surface area (Å²) >= 11 is 0. The lowest BCUT2D eigenvalue weighted by Crippen LogP contribution is -2.45. The lowest BCUT2D eigenvalue weighted by molar-refractivity contribution is 0.173. The number of carbonyl (C=O) groups excluding carboxylic acids is 1. The van der Waals surface area contributed by atoms with E-state index in [1.165, 1.54) is 19.3 Å². The van der Waals surface area contributed by atoms with Gasteiger partial charge in [-0.3, -0.25) is 0 Å². The average molecular weight is 278 g/mol. The fourth-order valence-corrected chi connectivity index (χ4v) is 3.22. The third kappa shape index (κ3) is 2.78. The van der Waals surface area contributed by atoms with E-state index >= 15 is 0 Å². The van der Waals surface area contributed by atoms with Crippen LogP contribution < -0.4 is 5.32 Å². The Labute approximate surface area is 118 Å². The second-order valence-corrected chi connectivity index (χ2v) is 5.82. The Balaban J connectivity index is 1.63. The summed E-state index contributed by atoms with van der Waals surface area (Å²) in [4.78, 5) is 18.6. The number of amides is 2. The van der Waals surface area contributed by atoms with Crippen LogP contribution in [0.4, 0.5) is 4.79 Å². The highest BCUT2D eigenvalue weighted by atomic mass is 16.5. The summed E-state index contributed by atoms with van der Waals surface area (Å²) in [6, 6.07) is 0.303. The minimum Gasteiger partial charge on any atom is -0.337 e. The summed E-state index contributed by atoms with van der Waals surface area (Å²) in [5.74, 6) is 1.19. The first-order valence-electron chi connectivity index (χ1n) is 7.61. The van der Waals surface area contributed by atoms with E-state index in [9.17, 15) is 4.79 Å². The smallest absolute Gasteiger partial charge is 0.318 e. The van der Waals surface area contributed by atoms with E-state index in [4.69, 9.17) is 4.52 Å². The SMILES string of the molecule is Cc1noc(C2CCCN2C(=O)NC2CCCCC2)n1. The molecule has 6 nitrogen and oxygen atoms in total. The largest absolute Gasteiger partial charge is 0.337 e. The first-order chi connectivity index (χ1) is 9.74. The average Bonchev–Trinajstić information content (AvgIpc) is 3.08. The standard InChI is InChI=1S/C14H22N4O2/c1-10-15-13(20-17-10)12-8-5-9-18(12)14(19)16-11-6-3-2-4-7-11/h11-12H,2-9H2,1H3,(H,16,19). The summed E-state index contributed by atoms with van der Waals surface area (Å²) in [5, 5.41) is 6.99. The van der Waals surface area contributed by atoms with E-state index in [0.717, 1.165) is 32.2 Å². The molecule has 2 fully saturated rings. The molecular formula is C14H22N4O2. The highest BCUT2D eigenvalue weighted by molar-refractivity contribution is 5.75. The van der Waals surface area contributed by atoms with Crippen molar-refractivity contribution in [3.05, 3.63) is 11.7 Å². The van der Waals surface area contributed by atoms with Crippen molar-refractivity contribution in [1.29, 1.82) is 0 Å². The fourth-order valence-electron chi connectivity index (χ4n) is 3.22. The topological polar surface area (TPSA) is 71.3 Å². The molecule has 0 radical (unpaired) electrons. The van der Waals surface area contributed by atoms with Gasteiger partial charge in [0.1, 0.15) is 6.04 Å². The van der Waals surface area contributed by atoms with Gasteiger partial charge in [-0.25, -0.2) is 4.79 Å².